The van der Waals surface area contributed by atoms with E-state index in [-0.39, 0.29) is 17.9 Å². The van der Waals surface area contributed by atoms with Crippen molar-refractivity contribution in [2.45, 2.75) is 18.9 Å². The van der Waals surface area contributed by atoms with Gasteiger partial charge in [0, 0.05) is 26.6 Å². The van der Waals surface area contributed by atoms with E-state index in [1.165, 1.54) is 11.9 Å². The summed E-state index contributed by atoms with van der Waals surface area (Å²) in [5, 5.41) is 8.94. The maximum atomic E-state index is 12.4. The fourth-order valence-corrected chi connectivity index (χ4v) is 3.27. The molecule has 3 amide bonds. The van der Waals surface area contributed by atoms with Gasteiger partial charge >= 0.3 is 6.03 Å². The molecule has 0 aromatic rings. The number of nitrogens with zero attached hydrogens (tertiary/aromatic N) is 6. The summed E-state index contributed by atoms with van der Waals surface area (Å²) in [6.45, 7) is 3.33. The van der Waals surface area contributed by atoms with Crippen LogP contribution < -0.4 is 0 Å². The zero-order valence-corrected chi connectivity index (χ0v) is 13.5. The number of carbonyl (C=O) groups is 2. The van der Waals surface area contributed by atoms with Gasteiger partial charge in [0.05, 0.1) is 12.6 Å². The summed E-state index contributed by atoms with van der Waals surface area (Å²) < 4.78 is 1.90. The highest BCUT2D eigenvalue weighted by molar-refractivity contribution is 6.21. The fraction of sp³-hybridized carbons (Fsp3) is 0.667. The highest BCUT2D eigenvalue weighted by atomic mass is 16.2. The molecule has 122 valence electrons. The van der Waals surface area contributed by atoms with Gasteiger partial charge in [0.15, 0.2) is 0 Å². The Balaban J connectivity index is 1.60. The van der Waals surface area contributed by atoms with Gasteiger partial charge < -0.3 is 0 Å². The molecule has 1 atom stereocenters. The molecule has 0 aromatic heterocycles. The number of amidine groups is 1. The van der Waals surface area contributed by atoms with E-state index in [2.05, 4.69) is 16.0 Å². The number of urea groups is 1. The molecule has 3 heterocycles. The van der Waals surface area contributed by atoms with E-state index in [4.69, 9.17) is 5.26 Å². The van der Waals surface area contributed by atoms with E-state index in [0.29, 0.717) is 12.4 Å². The number of fused-ring (bicyclic) bond motifs is 1. The van der Waals surface area contributed by atoms with Crippen molar-refractivity contribution in [3.63, 3.8) is 0 Å². The van der Waals surface area contributed by atoms with Gasteiger partial charge in [0.2, 0.25) is 0 Å². The van der Waals surface area contributed by atoms with Crippen molar-refractivity contribution in [3.8, 4) is 6.07 Å². The van der Waals surface area contributed by atoms with Gasteiger partial charge in [-0.25, -0.2) is 9.37 Å². The third-order valence-corrected chi connectivity index (χ3v) is 4.84. The van der Waals surface area contributed by atoms with E-state index in [0.717, 1.165) is 37.4 Å². The molecule has 0 N–H and O–H groups in total. The van der Waals surface area contributed by atoms with Crippen molar-refractivity contribution in [3.05, 3.63) is 0 Å². The molecule has 2 fully saturated rings. The maximum absolute atomic E-state index is 12.4. The number of hydrogen-bond donors (Lipinski definition) is 0. The first-order chi connectivity index (χ1) is 11.0. The first-order valence-corrected chi connectivity index (χ1v) is 7.87. The van der Waals surface area contributed by atoms with Crippen molar-refractivity contribution in [2.75, 3.05) is 40.3 Å². The Kier molecular flexibility index (Phi) is 4.13. The lowest BCUT2D eigenvalue weighted by Crippen LogP contribution is -2.61. The minimum absolute atomic E-state index is 0.174. The third kappa shape index (κ3) is 2.72. The zero-order valence-electron chi connectivity index (χ0n) is 13.5. The highest BCUT2D eigenvalue weighted by Crippen LogP contribution is 2.18. The Labute approximate surface area is 135 Å². The average molecular weight is 317 g/mol. The van der Waals surface area contributed by atoms with Crippen LogP contribution in [0.4, 0.5) is 4.79 Å². The number of amides is 3. The lowest BCUT2D eigenvalue weighted by atomic mass is 9.99. The summed E-state index contributed by atoms with van der Waals surface area (Å²) >= 11 is 0. The second-order valence-corrected chi connectivity index (χ2v) is 6.23. The number of piperidine rings is 1. The minimum atomic E-state index is -0.501. The van der Waals surface area contributed by atoms with Crippen LogP contribution in [0.1, 0.15) is 12.8 Å². The van der Waals surface area contributed by atoms with Crippen LogP contribution in [0.2, 0.25) is 0 Å². The second kappa shape index (κ2) is 6.08. The van der Waals surface area contributed by atoms with Crippen molar-refractivity contribution in [2.24, 2.45) is 10.9 Å². The predicted octanol–water partition coefficient (Wildman–Crippen LogP) is -0.433. The number of likely N-dealkylation sites (tertiary alicyclic amines) is 1. The molecule has 23 heavy (non-hydrogen) atoms. The number of hydrogen-bond acceptors (Lipinski definition) is 5. The summed E-state index contributed by atoms with van der Waals surface area (Å²) in [6.07, 6.45) is 3.47. The molecule has 0 radical (unpaired) electrons. The number of likely N-dealkylation sites (N-methyl/N-ethyl adjacent to an activating group) is 2. The Morgan fingerprint density at radius 2 is 2.00 bits per heavy atom. The van der Waals surface area contributed by atoms with Crippen LogP contribution in [0.3, 0.4) is 0 Å². The van der Waals surface area contributed by atoms with Gasteiger partial charge in [-0.3, -0.25) is 19.5 Å². The van der Waals surface area contributed by atoms with Crippen LogP contribution >= 0.6 is 0 Å². The summed E-state index contributed by atoms with van der Waals surface area (Å²) in [7, 11) is 3.14. The normalized spacial score (nSPS) is 26.0. The van der Waals surface area contributed by atoms with Crippen LogP contribution in [0, 0.1) is 17.2 Å². The Morgan fingerprint density at radius 1 is 1.30 bits per heavy atom. The molecular formula is C15H21N6O2+. The third-order valence-electron chi connectivity index (χ3n) is 4.84. The lowest BCUT2D eigenvalue weighted by molar-refractivity contribution is -0.531. The molecule has 3 aliphatic heterocycles. The van der Waals surface area contributed by atoms with Crippen LogP contribution in [-0.4, -0.2) is 89.7 Å². The standard InChI is InChI=1S/C15H21N6O2/c1-18-13-12(14(22)19(2)15(18)23)21(10-17-13)8-7-20-5-3-11(9-16)4-6-20/h10-12H,3-8H2,1-2H3/q+1. The van der Waals surface area contributed by atoms with Crippen LogP contribution in [0.5, 0.6) is 0 Å². The number of rotatable bonds is 3. The van der Waals surface area contributed by atoms with E-state index in [9.17, 15) is 9.59 Å². The molecule has 0 spiro atoms. The topological polar surface area (TPSA) is 83.0 Å². The predicted molar refractivity (Wildman–Crippen MR) is 83.1 cm³/mol. The van der Waals surface area contributed by atoms with E-state index in [1.54, 1.807) is 13.4 Å². The molecule has 0 aromatic carbocycles. The first kappa shape index (κ1) is 15.6. The van der Waals surface area contributed by atoms with E-state index >= 15 is 0 Å². The molecule has 0 aliphatic carbocycles. The minimum Gasteiger partial charge on any atom is -0.299 e. The molecule has 0 saturated carbocycles. The zero-order chi connectivity index (χ0) is 16.6. The highest BCUT2D eigenvalue weighted by Gasteiger charge is 2.50. The van der Waals surface area contributed by atoms with E-state index in [1.807, 2.05) is 4.58 Å². The average Bonchev–Trinajstić information content (AvgIpc) is 3.00. The molecule has 8 nitrogen and oxygen atoms in total. The van der Waals surface area contributed by atoms with Crippen LogP contribution in [-0.2, 0) is 4.79 Å². The Morgan fingerprint density at radius 3 is 2.65 bits per heavy atom. The maximum Gasteiger partial charge on any atom is 0.333 e. The smallest absolute Gasteiger partial charge is 0.299 e. The molecule has 8 heteroatoms. The second-order valence-electron chi connectivity index (χ2n) is 6.23. The summed E-state index contributed by atoms with van der Waals surface area (Å²) in [6, 6.07) is 1.48. The van der Waals surface area contributed by atoms with Crippen molar-refractivity contribution < 1.29 is 14.2 Å². The van der Waals surface area contributed by atoms with Gasteiger partial charge in [-0.2, -0.15) is 5.26 Å². The first-order valence-electron chi connectivity index (χ1n) is 7.87. The number of aliphatic imine (C=N–C) groups is 1. The molecule has 2 saturated heterocycles. The molecule has 3 rings (SSSR count). The van der Waals surface area contributed by atoms with Crippen LogP contribution in [0.25, 0.3) is 0 Å². The molecule has 0 bridgehead atoms. The molecular weight excluding hydrogens is 296 g/mol. The van der Waals surface area contributed by atoms with Gasteiger partial charge in [0.1, 0.15) is 0 Å². The Bertz CT molecular complexity index is 626. The molecule has 1 unspecified atom stereocenters. The summed E-state index contributed by atoms with van der Waals surface area (Å²) in [4.78, 5) is 33.5. The summed E-state index contributed by atoms with van der Waals surface area (Å²) in [5.74, 6) is 0.442. The number of nitriles is 1. The largest absolute Gasteiger partial charge is 0.333 e. The number of imide groups is 1. The van der Waals surface area contributed by atoms with Crippen LogP contribution in [0.15, 0.2) is 4.99 Å². The fourth-order valence-electron chi connectivity index (χ4n) is 3.27. The van der Waals surface area contributed by atoms with Gasteiger partial charge in [-0.15, -0.1) is 0 Å². The SMILES string of the molecule is CN1C(=O)C2C(=NC=[N+]2CCN2CCC(C#N)CC2)N(C)C1=O. The number of carbonyl (C=O) groups excluding carboxylic acids is 2. The van der Waals surface area contributed by atoms with Crippen molar-refractivity contribution >= 4 is 24.1 Å². The summed E-state index contributed by atoms with van der Waals surface area (Å²) in [5.41, 5.74) is 0. The quantitative estimate of drug-likeness (QED) is 0.661. The lowest BCUT2D eigenvalue weighted by Gasteiger charge is -2.32. The monoisotopic (exact) mass is 317 g/mol. The van der Waals surface area contributed by atoms with Crippen molar-refractivity contribution in [1.29, 1.82) is 5.26 Å². The van der Waals surface area contributed by atoms with Gasteiger partial charge in [-0.1, -0.05) is 0 Å². The molecule has 3 aliphatic rings. The van der Waals surface area contributed by atoms with E-state index < -0.39 is 6.04 Å². The Hall–Kier alpha value is -2.27. The van der Waals surface area contributed by atoms with Gasteiger partial charge in [0.25, 0.3) is 24.1 Å². The van der Waals surface area contributed by atoms with Gasteiger partial charge in [-0.05, 0) is 30.9 Å². The van der Waals surface area contributed by atoms with Crippen molar-refractivity contribution in [1.82, 2.24) is 14.7 Å².